The standard InChI is InChI=1S/C11H21F3N2O/c1-4-16(5-2)8-6-7-9(3)15-10(17)11(12,13)14/h9H,4-8H2,1-3H3,(H,15,17). The van der Waals surface area contributed by atoms with Gasteiger partial charge in [0.1, 0.15) is 0 Å². The molecule has 1 atom stereocenters. The Hall–Kier alpha value is -0.780. The third-order valence-corrected chi connectivity index (χ3v) is 2.64. The Morgan fingerprint density at radius 1 is 1.29 bits per heavy atom. The molecule has 1 N–H and O–H groups in total. The average Bonchev–Trinajstić information content (AvgIpc) is 2.23. The van der Waals surface area contributed by atoms with Crippen LogP contribution in [0.4, 0.5) is 13.2 Å². The number of alkyl halides is 3. The lowest BCUT2D eigenvalue weighted by Crippen LogP contribution is -2.42. The molecule has 0 heterocycles. The van der Waals surface area contributed by atoms with Crippen LogP contribution >= 0.6 is 0 Å². The Balaban J connectivity index is 3.80. The van der Waals surface area contributed by atoms with Gasteiger partial charge in [0, 0.05) is 6.04 Å². The quantitative estimate of drug-likeness (QED) is 0.755. The summed E-state index contributed by atoms with van der Waals surface area (Å²) < 4.78 is 35.8. The molecule has 0 aromatic heterocycles. The van der Waals surface area contributed by atoms with Crippen molar-refractivity contribution in [2.45, 2.75) is 45.8 Å². The van der Waals surface area contributed by atoms with Gasteiger partial charge < -0.3 is 10.2 Å². The highest BCUT2D eigenvalue weighted by atomic mass is 19.4. The first-order chi connectivity index (χ1) is 7.81. The molecule has 6 heteroatoms. The number of nitrogens with one attached hydrogen (secondary N) is 1. The van der Waals surface area contributed by atoms with Crippen molar-refractivity contribution in [1.82, 2.24) is 10.2 Å². The Morgan fingerprint density at radius 3 is 2.24 bits per heavy atom. The summed E-state index contributed by atoms with van der Waals surface area (Å²) in [5.41, 5.74) is 0. The molecule has 0 aromatic carbocycles. The summed E-state index contributed by atoms with van der Waals surface area (Å²) in [6, 6.07) is -0.445. The summed E-state index contributed by atoms with van der Waals surface area (Å²) in [5.74, 6) is -1.85. The van der Waals surface area contributed by atoms with Crippen molar-refractivity contribution in [3.63, 3.8) is 0 Å². The van der Waals surface area contributed by atoms with Gasteiger partial charge in [0.25, 0.3) is 0 Å². The predicted molar refractivity (Wildman–Crippen MR) is 60.7 cm³/mol. The molecule has 0 bridgehead atoms. The van der Waals surface area contributed by atoms with Gasteiger partial charge in [0.05, 0.1) is 0 Å². The van der Waals surface area contributed by atoms with E-state index in [1.165, 1.54) is 0 Å². The van der Waals surface area contributed by atoms with Gasteiger partial charge in [-0.15, -0.1) is 0 Å². The lowest BCUT2D eigenvalue weighted by Gasteiger charge is -2.20. The number of carbonyl (C=O) groups is 1. The van der Waals surface area contributed by atoms with Crippen molar-refractivity contribution in [3.8, 4) is 0 Å². The first kappa shape index (κ1) is 16.2. The number of hydrogen-bond acceptors (Lipinski definition) is 2. The van der Waals surface area contributed by atoms with Crippen LogP contribution in [0, 0.1) is 0 Å². The van der Waals surface area contributed by atoms with Gasteiger partial charge >= 0.3 is 12.1 Å². The number of hydrogen-bond donors (Lipinski definition) is 1. The third kappa shape index (κ3) is 7.20. The van der Waals surface area contributed by atoms with E-state index in [2.05, 4.69) is 4.90 Å². The van der Waals surface area contributed by atoms with E-state index in [-0.39, 0.29) is 0 Å². The minimum Gasteiger partial charge on any atom is -0.346 e. The van der Waals surface area contributed by atoms with Crippen molar-refractivity contribution in [2.24, 2.45) is 0 Å². The highest BCUT2D eigenvalue weighted by molar-refractivity contribution is 5.81. The van der Waals surface area contributed by atoms with E-state index in [0.29, 0.717) is 6.42 Å². The summed E-state index contributed by atoms with van der Waals surface area (Å²) in [7, 11) is 0. The maximum absolute atomic E-state index is 11.9. The van der Waals surface area contributed by atoms with Crippen LogP contribution in [0.15, 0.2) is 0 Å². The Kier molecular flexibility index (Phi) is 7.18. The molecule has 0 aliphatic rings. The first-order valence-corrected chi connectivity index (χ1v) is 5.91. The summed E-state index contributed by atoms with van der Waals surface area (Å²) in [6.45, 7) is 8.38. The second-order valence-corrected chi connectivity index (χ2v) is 4.04. The molecule has 3 nitrogen and oxygen atoms in total. The molecule has 0 aromatic rings. The summed E-state index contributed by atoms with van der Waals surface area (Å²) in [4.78, 5) is 12.8. The molecule has 0 radical (unpaired) electrons. The molecule has 102 valence electrons. The van der Waals surface area contributed by atoms with Crippen LogP contribution < -0.4 is 5.32 Å². The van der Waals surface area contributed by atoms with Crippen LogP contribution in [0.3, 0.4) is 0 Å². The van der Waals surface area contributed by atoms with Crippen molar-refractivity contribution < 1.29 is 18.0 Å². The smallest absolute Gasteiger partial charge is 0.346 e. The highest BCUT2D eigenvalue weighted by Crippen LogP contribution is 2.15. The monoisotopic (exact) mass is 254 g/mol. The van der Waals surface area contributed by atoms with Crippen LogP contribution in [-0.2, 0) is 4.79 Å². The zero-order chi connectivity index (χ0) is 13.5. The number of carbonyl (C=O) groups excluding carboxylic acids is 1. The van der Waals surface area contributed by atoms with E-state index in [1.54, 1.807) is 6.92 Å². The maximum atomic E-state index is 11.9. The molecule has 0 fully saturated rings. The third-order valence-electron chi connectivity index (χ3n) is 2.64. The summed E-state index contributed by atoms with van der Waals surface area (Å²) in [6.07, 6.45) is -3.45. The molecule has 0 rings (SSSR count). The largest absolute Gasteiger partial charge is 0.471 e. The molecule has 1 unspecified atom stereocenters. The van der Waals surface area contributed by atoms with E-state index < -0.39 is 18.1 Å². The zero-order valence-electron chi connectivity index (χ0n) is 10.6. The SMILES string of the molecule is CCN(CC)CCCC(C)NC(=O)C(F)(F)F. The van der Waals surface area contributed by atoms with Crippen LogP contribution in [0.5, 0.6) is 0 Å². The van der Waals surface area contributed by atoms with Crippen LogP contribution in [0.2, 0.25) is 0 Å². The normalized spacial score (nSPS) is 13.8. The van der Waals surface area contributed by atoms with Gasteiger partial charge in [-0.2, -0.15) is 13.2 Å². The Labute approximate surface area is 100 Å². The number of halogens is 3. The topological polar surface area (TPSA) is 32.3 Å². The minimum absolute atomic E-state index is 0.445. The fourth-order valence-corrected chi connectivity index (χ4v) is 1.54. The zero-order valence-corrected chi connectivity index (χ0v) is 10.6. The van der Waals surface area contributed by atoms with E-state index in [4.69, 9.17) is 0 Å². The minimum atomic E-state index is -4.78. The lowest BCUT2D eigenvalue weighted by atomic mass is 10.1. The maximum Gasteiger partial charge on any atom is 0.471 e. The fraction of sp³-hybridized carbons (Fsp3) is 0.909. The number of rotatable bonds is 7. The molecule has 1 amide bonds. The van der Waals surface area contributed by atoms with Crippen molar-refractivity contribution in [1.29, 1.82) is 0 Å². The average molecular weight is 254 g/mol. The summed E-state index contributed by atoms with van der Waals surface area (Å²) >= 11 is 0. The Bertz CT molecular complexity index is 227. The molecule has 0 saturated heterocycles. The molecule has 0 saturated carbocycles. The number of amides is 1. The van der Waals surface area contributed by atoms with Crippen molar-refractivity contribution >= 4 is 5.91 Å². The van der Waals surface area contributed by atoms with Crippen LogP contribution in [0.25, 0.3) is 0 Å². The molecule has 0 aliphatic carbocycles. The van der Waals surface area contributed by atoms with Crippen molar-refractivity contribution in [3.05, 3.63) is 0 Å². The summed E-state index contributed by atoms with van der Waals surface area (Å²) in [5, 5.41) is 1.95. The van der Waals surface area contributed by atoms with Gasteiger partial charge in [0.15, 0.2) is 0 Å². The van der Waals surface area contributed by atoms with Gasteiger partial charge in [-0.3, -0.25) is 4.79 Å². The molecular formula is C11H21F3N2O. The predicted octanol–water partition coefficient (Wildman–Crippen LogP) is 2.18. The molecular weight excluding hydrogens is 233 g/mol. The van der Waals surface area contributed by atoms with E-state index in [9.17, 15) is 18.0 Å². The molecule has 0 aliphatic heterocycles. The fourth-order valence-electron chi connectivity index (χ4n) is 1.54. The Morgan fingerprint density at radius 2 is 1.82 bits per heavy atom. The van der Waals surface area contributed by atoms with Crippen LogP contribution in [-0.4, -0.2) is 42.7 Å². The second kappa shape index (κ2) is 7.53. The van der Waals surface area contributed by atoms with Gasteiger partial charge in [-0.05, 0) is 39.4 Å². The van der Waals surface area contributed by atoms with Crippen molar-refractivity contribution in [2.75, 3.05) is 19.6 Å². The van der Waals surface area contributed by atoms with Crippen LogP contribution in [0.1, 0.15) is 33.6 Å². The van der Waals surface area contributed by atoms with E-state index >= 15 is 0 Å². The van der Waals surface area contributed by atoms with Gasteiger partial charge in [-0.25, -0.2) is 0 Å². The number of nitrogens with zero attached hydrogens (tertiary/aromatic N) is 1. The van der Waals surface area contributed by atoms with E-state index in [0.717, 1.165) is 26.1 Å². The molecule has 17 heavy (non-hydrogen) atoms. The molecule has 0 spiro atoms. The van der Waals surface area contributed by atoms with Gasteiger partial charge in [-0.1, -0.05) is 13.8 Å². The van der Waals surface area contributed by atoms with E-state index in [1.807, 2.05) is 19.2 Å². The first-order valence-electron chi connectivity index (χ1n) is 5.91. The highest BCUT2D eigenvalue weighted by Gasteiger charge is 2.39. The second-order valence-electron chi connectivity index (χ2n) is 4.04. The van der Waals surface area contributed by atoms with Gasteiger partial charge in [0.2, 0.25) is 0 Å². The lowest BCUT2D eigenvalue weighted by molar-refractivity contribution is -0.174.